The lowest BCUT2D eigenvalue weighted by Crippen LogP contribution is -2.39. The van der Waals surface area contributed by atoms with Gasteiger partial charge in [0.2, 0.25) is 11.8 Å². The zero-order valence-electron chi connectivity index (χ0n) is 16.5. The predicted octanol–water partition coefficient (Wildman–Crippen LogP) is 2.87. The van der Waals surface area contributed by atoms with Crippen LogP contribution < -0.4 is 10.2 Å². The standard InChI is InChI=1S/C20H31N3O3/c1-6-14(2)23(20(25)15-7-8-15)12-16-11-17(21-19(24)13-26-5)9-10-18(16)22(3)4/h9-11,14-15H,6-8,12-13H2,1-5H3,(H,21,24)/t14-/m1/s1. The number of benzene rings is 1. The molecule has 1 N–H and O–H groups in total. The van der Waals surface area contributed by atoms with Crippen molar-refractivity contribution in [2.75, 3.05) is 38.0 Å². The van der Waals surface area contributed by atoms with Crippen LogP contribution in [-0.4, -0.2) is 50.6 Å². The monoisotopic (exact) mass is 361 g/mol. The molecular weight excluding hydrogens is 330 g/mol. The predicted molar refractivity (Wildman–Crippen MR) is 104 cm³/mol. The summed E-state index contributed by atoms with van der Waals surface area (Å²) in [5.41, 5.74) is 2.79. The van der Waals surface area contributed by atoms with Gasteiger partial charge in [-0.25, -0.2) is 0 Å². The third-order valence-electron chi connectivity index (χ3n) is 4.79. The highest BCUT2D eigenvalue weighted by Crippen LogP contribution is 2.33. The molecule has 0 aliphatic heterocycles. The Hall–Kier alpha value is -2.08. The van der Waals surface area contributed by atoms with Crippen LogP contribution >= 0.6 is 0 Å². The maximum atomic E-state index is 12.8. The molecule has 0 aromatic heterocycles. The third-order valence-corrected chi connectivity index (χ3v) is 4.79. The lowest BCUT2D eigenvalue weighted by atomic mass is 10.1. The highest BCUT2D eigenvalue weighted by Gasteiger charge is 2.35. The van der Waals surface area contributed by atoms with Gasteiger partial charge in [0.15, 0.2) is 0 Å². The Morgan fingerprint density at radius 1 is 1.31 bits per heavy atom. The lowest BCUT2D eigenvalue weighted by Gasteiger charge is -2.31. The van der Waals surface area contributed by atoms with Crippen LogP contribution in [0.1, 0.15) is 38.7 Å². The van der Waals surface area contributed by atoms with Crippen molar-refractivity contribution in [2.24, 2.45) is 5.92 Å². The largest absolute Gasteiger partial charge is 0.377 e. The molecule has 6 nitrogen and oxygen atoms in total. The Morgan fingerprint density at radius 2 is 2.00 bits per heavy atom. The van der Waals surface area contributed by atoms with Gasteiger partial charge in [0.05, 0.1) is 0 Å². The van der Waals surface area contributed by atoms with E-state index in [1.807, 2.05) is 42.1 Å². The number of rotatable bonds is 9. The van der Waals surface area contributed by atoms with Gasteiger partial charge in [-0.05, 0) is 49.9 Å². The van der Waals surface area contributed by atoms with E-state index in [0.717, 1.165) is 36.2 Å². The van der Waals surface area contributed by atoms with Crippen molar-refractivity contribution in [1.82, 2.24) is 4.90 Å². The fraction of sp³-hybridized carbons (Fsp3) is 0.600. The van der Waals surface area contributed by atoms with Crippen molar-refractivity contribution in [1.29, 1.82) is 0 Å². The second-order valence-electron chi connectivity index (χ2n) is 7.22. The van der Waals surface area contributed by atoms with Crippen molar-refractivity contribution in [2.45, 2.75) is 45.7 Å². The Labute approximate surface area is 156 Å². The van der Waals surface area contributed by atoms with Gasteiger partial charge in [0, 0.05) is 51.1 Å². The minimum atomic E-state index is -0.191. The third kappa shape index (κ3) is 5.21. The molecule has 0 heterocycles. The average molecular weight is 361 g/mol. The number of hydrogen-bond donors (Lipinski definition) is 1. The molecular formula is C20H31N3O3. The van der Waals surface area contributed by atoms with Crippen LogP contribution in [0.25, 0.3) is 0 Å². The molecule has 26 heavy (non-hydrogen) atoms. The van der Waals surface area contributed by atoms with E-state index >= 15 is 0 Å². The summed E-state index contributed by atoms with van der Waals surface area (Å²) >= 11 is 0. The lowest BCUT2D eigenvalue weighted by molar-refractivity contribution is -0.135. The highest BCUT2D eigenvalue weighted by atomic mass is 16.5. The molecule has 0 bridgehead atoms. The molecule has 0 saturated heterocycles. The van der Waals surface area contributed by atoms with E-state index in [1.54, 1.807) is 0 Å². The SMILES string of the molecule is CC[C@@H](C)N(Cc1cc(NC(=O)COC)ccc1N(C)C)C(=O)C1CC1. The summed E-state index contributed by atoms with van der Waals surface area (Å²) in [6, 6.07) is 6.00. The maximum absolute atomic E-state index is 12.8. The molecule has 0 unspecified atom stereocenters. The van der Waals surface area contributed by atoms with Gasteiger partial charge >= 0.3 is 0 Å². The maximum Gasteiger partial charge on any atom is 0.250 e. The normalized spacial score (nSPS) is 14.7. The minimum absolute atomic E-state index is 0.0178. The Morgan fingerprint density at radius 3 is 2.54 bits per heavy atom. The molecule has 2 amide bonds. The Bertz CT molecular complexity index is 641. The van der Waals surface area contributed by atoms with Gasteiger partial charge in [-0.3, -0.25) is 9.59 Å². The molecule has 1 fully saturated rings. The van der Waals surface area contributed by atoms with Crippen molar-refractivity contribution in [3.05, 3.63) is 23.8 Å². The molecule has 144 valence electrons. The van der Waals surface area contributed by atoms with Gasteiger partial charge in [-0.15, -0.1) is 0 Å². The van der Waals surface area contributed by atoms with Crippen LogP contribution in [0, 0.1) is 5.92 Å². The number of carbonyl (C=O) groups is 2. The van der Waals surface area contributed by atoms with Gasteiger partial charge in [0.25, 0.3) is 0 Å². The van der Waals surface area contributed by atoms with Gasteiger partial charge < -0.3 is 19.9 Å². The first-order chi connectivity index (χ1) is 12.4. The molecule has 1 aliphatic carbocycles. The number of nitrogens with one attached hydrogen (secondary N) is 1. The smallest absolute Gasteiger partial charge is 0.250 e. The van der Waals surface area contributed by atoms with E-state index < -0.39 is 0 Å². The summed E-state index contributed by atoms with van der Waals surface area (Å²) in [5.74, 6) is 0.248. The van der Waals surface area contributed by atoms with Gasteiger partial charge in [-0.1, -0.05) is 6.92 Å². The average Bonchev–Trinajstić information content (AvgIpc) is 3.43. The van der Waals surface area contributed by atoms with Crippen LogP contribution in [0.3, 0.4) is 0 Å². The fourth-order valence-corrected chi connectivity index (χ4v) is 2.97. The Balaban J connectivity index is 2.27. The molecule has 0 spiro atoms. The summed E-state index contributed by atoms with van der Waals surface area (Å²) in [4.78, 5) is 28.6. The molecule has 1 saturated carbocycles. The molecule has 2 rings (SSSR count). The number of methoxy groups -OCH3 is 1. The van der Waals surface area contributed by atoms with Gasteiger partial charge in [0.1, 0.15) is 6.61 Å². The van der Waals surface area contributed by atoms with E-state index in [0.29, 0.717) is 6.54 Å². The number of ether oxygens (including phenoxy) is 1. The number of nitrogens with zero attached hydrogens (tertiary/aromatic N) is 2. The quantitative estimate of drug-likeness (QED) is 0.735. The number of hydrogen-bond acceptors (Lipinski definition) is 4. The summed E-state index contributed by atoms with van der Waals surface area (Å²) in [6.07, 6.45) is 2.92. The van der Waals surface area contributed by atoms with Crippen molar-refractivity contribution in [3.8, 4) is 0 Å². The minimum Gasteiger partial charge on any atom is -0.377 e. The first kappa shape index (κ1) is 20.2. The second-order valence-corrected chi connectivity index (χ2v) is 7.22. The first-order valence-corrected chi connectivity index (χ1v) is 9.26. The van der Waals surface area contributed by atoms with Crippen LogP contribution in [0.2, 0.25) is 0 Å². The molecule has 0 radical (unpaired) electrons. The first-order valence-electron chi connectivity index (χ1n) is 9.26. The van der Waals surface area contributed by atoms with Crippen molar-refractivity contribution in [3.63, 3.8) is 0 Å². The summed E-state index contributed by atoms with van der Waals surface area (Å²) < 4.78 is 4.87. The van der Waals surface area contributed by atoms with Crippen LogP contribution in [0.5, 0.6) is 0 Å². The number of amides is 2. The zero-order chi connectivity index (χ0) is 19.3. The summed E-state index contributed by atoms with van der Waals surface area (Å²) in [5, 5.41) is 2.84. The fourth-order valence-electron chi connectivity index (χ4n) is 2.97. The molecule has 1 aromatic rings. The summed E-state index contributed by atoms with van der Waals surface area (Å²) in [6.45, 7) is 4.77. The van der Waals surface area contributed by atoms with E-state index in [-0.39, 0.29) is 30.4 Å². The van der Waals surface area contributed by atoms with E-state index in [9.17, 15) is 9.59 Å². The van der Waals surface area contributed by atoms with E-state index in [4.69, 9.17) is 4.74 Å². The van der Waals surface area contributed by atoms with Crippen molar-refractivity contribution >= 4 is 23.2 Å². The van der Waals surface area contributed by atoms with Crippen molar-refractivity contribution < 1.29 is 14.3 Å². The van der Waals surface area contributed by atoms with Crippen LogP contribution in [0.15, 0.2) is 18.2 Å². The zero-order valence-corrected chi connectivity index (χ0v) is 16.5. The van der Waals surface area contributed by atoms with E-state index in [1.165, 1.54) is 7.11 Å². The van der Waals surface area contributed by atoms with Crippen LogP contribution in [0.4, 0.5) is 11.4 Å². The molecule has 1 aliphatic rings. The Kier molecular flexibility index (Phi) is 7.03. The molecule has 1 aromatic carbocycles. The van der Waals surface area contributed by atoms with Gasteiger partial charge in [-0.2, -0.15) is 0 Å². The molecule has 1 atom stereocenters. The topological polar surface area (TPSA) is 61.9 Å². The summed E-state index contributed by atoms with van der Waals surface area (Å²) in [7, 11) is 5.46. The highest BCUT2D eigenvalue weighted by molar-refractivity contribution is 5.92. The van der Waals surface area contributed by atoms with E-state index in [2.05, 4.69) is 19.2 Å². The van der Waals surface area contributed by atoms with Crippen LogP contribution in [-0.2, 0) is 20.9 Å². The number of carbonyl (C=O) groups excluding carboxylic acids is 2. The molecule has 6 heteroatoms. The second kappa shape index (κ2) is 9.03. The number of anilines is 2.